The summed E-state index contributed by atoms with van der Waals surface area (Å²) in [6, 6.07) is 42.4. The van der Waals surface area contributed by atoms with E-state index < -0.39 is 0 Å². The first-order chi connectivity index (χ1) is 20.8. The van der Waals surface area contributed by atoms with Gasteiger partial charge in [0.25, 0.3) is 0 Å². The van der Waals surface area contributed by atoms with Crippen LogP contribution in [0.15, 0.2) is 134 Å². The maximum absolute atomic E-state index is 5.25. The van der Waals surface area contributed by atoms with E-state index in [0.717, 1.165) is 55.7 Å². The molecule has 0 fully saturated rings. The molecule has 3 aromatic heterocycles. The van der Waals surface area contributed by atoms with Gasteiger partial charge in [-0.25, -0.2) is 15.0 Å². The Morgan fingerprint density at radius 3 is 1.74 bits per heavy atom. The molecule has 5 aromatic carbocycles. The summed E-state index contributed by atoms with van der Waals surface area (Å²) in [4.78, 5) is 19.7. The highest BCUT2D eigenvalue weighted by molar-refractivity contribution is 6.18. The molecule has 0 bridgehead atoms. The van der Waals surface area contributed by atoms with Crippen LogP contribution in [0.5, 0.6) is 0 Å². The Labute approximate surface area is 242 Å². The third-order valence-corrected chi connectivity index (χ3v) is 8.31. The van der Waals surface area contributed by atoms with Gasteiger partial charge in [-0.2, -0.15) is 0 Å². The summed E-state index contributed by atoms with van der Waals surface area (Å²) >= 11 is 0. The Morgan fingerprint density at radius 1 is 0.357 bits per heavy atom. The molecule has 4 nitrogen and oxygen atoms in total. The van der Waals surface area contributed by atoms with Gasteiger partial charge in [0.05, 0.1) is 40.5 Å². The van der Waals surface area contributed by atoms with Gasteiger partial charge in [0, 0.05) is 21.9 Å². The fourth-order valence-corrected chi connectivity index (χ4v) is 6.33. The van der Waals surface area contributed by atoms with Crippen molar-refractivity contribution in [2.75, 3.05) is 0 Å². The second-order valence-electron chi connectivity index (χ2n) is 10.7. The molecule has 8 aromatic rings. The van der Waals surface area contributed by atoms with Crippen molar-refractivity contribution in [3.8, 4) is 56.2 Å². The minimum atomic E-state index is 0.735. The van der Waals surface area contributed by atoms with E-state index in [2.05, 4.69) is 89.9 Å². The van der Waals surface area contributed by atoms with Crippen molar-refractivity contribution in [3.63, 3.8) is 0 Å². The van der Waals surface area contributed by atoms with Crippen molar-refractivity contribution in [2.45, 2.75) is 0 Å². The summed E-state index contributed by atoms with van der Waals surface area (Å²) in [6.45, 7) is 0. The topological polar surface area (TPSA) is 51.6 Å². The first-order valence-electron chi connectivity index (χ1n) is 14.1. The first kappa shape index (κ1) is 23.0. The Kier molecular flexibility index (Phi) is 4.87. The smallest absolute Gasteiger partial charge is 0.108 e. The average Bonchev–Trinajstić information content (AvgIpc) is 3.40. The molecule has 0 amide bonds. The molecule has 0 atom stereocenters. The van der Waals surface area contributed by atoms with Crippen LogP contribution in [-0.2, 0) is 0 Å². The number of fused-ring (bicyclic) bond motifs is 6. The Balaban J connectivity index is 1.22. The Bertz CT molecular complexity index is 2330. The van der Waals surface area contributed by atoms with Gasteiger partial charge in [0.1, 0.15) is 5.69 Å². The van der Waals surface area contributed by atoms with Gasteiger partial charge in [-0.1, -0.05) is 109 Å². The summed E-state index contributed by atoms with van der Waals surface area (Å²) in [7, 11) is 0. The lowest BCUT2D eigenvalue weighted by atomic mass is 9.96. The van der Waals surface area contributed by atoms with Gasteiger partial charge in [0.2, 0.25) is 0 Å². The largest absolute Gasteiger partial charge is 0.260 e. The summed E-state index contributed by atoms with van der Waals surface area (Å²) in [6.07, 6.45) is 3.56. The molecule has 0 N–H and O–H groups in total. The summed E-state index contributed by atoms with van der Waals surface area (Å²) in [5, 5.41) is 4.61. The van der Waals surface area contributed by atoms with Gasteiger partial charge < -0.3 is 0 Å². The van der Waals surface area contributed by atoms with Crippen LogP contribution in [0.2, 0.25) is 0 Å². The zero-order valence-corrected chi connectivity index (χ0v) is 22.5. The molecule has 194 valence electrons. The molecule has 1 aliphatic rings. The normalized spacial score (nSPS) is 11.8. The van der Waals surface area contributed by atoms with Crippen LogP contribution in [0.1, 0.15) is 0 Å². The molecule has 0 saturated carbocycles. The quantitative estimate of drug-likeness (QED) is 0.212. The zero-order chi connectivity index (χ0) is 27.6. The second kappa shape index (κ2) is 8.88. The first-order valence-corrected chi connectivity index (χ1v) is 14.1. The van der Waals surface area contributed by atoms with Crippen molar-refractivity contribution < 1.29 is 0 Å². The molecule has 42 heavy (non-hydrogen) atoms. The Hall–Kier alpha value is -5.74. The molecule has 4 heteroatoms. The Morgan fingerprint density at radius 2 is 0.952 bits per heavy atom. The van der Waals surface area contributed by atoms with E-state index in [9.17, 15) is 0 Å². The third-order valence-electron chi connectivity index (χ3n) is 8.31. The maximum Gasteiger partial charge on any atom is 0.108 e. The van der Waals surface area contributed by atoms with Crippen LogP contribution in [0.25, 0.3) is 88.7 Å². The predicted molar refractivity (Wildman–Crippen MR) is 171 cm³/mol. The number of aromatic nitrogens is 4. The molecule has 1 aliphatic carbocycles. The van der Waals surface area contributed by atoms with Gasteiger partial charge in [-0.05, 0) is 45.2 Å². The van der Waals surface area contributed by atoms with E-state index in [1.165, 1.54) is 33.0 Å². The summed E-state index contributed by atoms with van der Waals surface area (Å²) < 4.78 is 0. The molecule has 3 heterocycles. The number of rotatable bonds is 3. The zero-order valence-electron chi connectivity index (χ0n) is 22.5. The molecule has 0 aliphatic heterocycles. The SMILES string of the molecule is c1ccc(-c2cncc(-c3ccc4ccc5ccc(-c6ccc7c8c(cccc68)-c6ccccc6-7)nc5c4n3)n2)cc1. The van der Waals surface area contributed by atoms with Crippen LogP contribution in [-0.4, -0.2) is 19.9 Å². The maximum atomic E-state index is 5.25. The second-order valence-corrected chi connectivity index (χ2v) is 10.7. The molecular formula is C38H22N4. The number of nitrogens with zero attached hydrogens (tertiary/aromatic N) is 4. The number of benzene rings is 5. The highest BCUT2D eigenvalue weighted by Crippen LogP contribution is 2.49. The predicted octanol–water partition coefficient (Wildman–Crippen LogP) is 9.37. The third kappa shape index (κ3) is 3.42. The van der Waals surface area contributed by atoms with Crippen LogP contribution < -0.4 is 0 Å². The number of hydrogen-bond acceptors (Lipinski definition) is 4. The van der Waals surface area contributed by atoms with Gasteiger partial charge >= 0.3 is 0 Å². The van der Waals surface area contributed by atoms with Crippen LogP contribution in [0.4, 0.5) is 0 Å². The minimum Gasteiger partial charge on any atom is -0.260 e. The fraction of sp³-hybridized carbons (Fsp3) is 0. The van der Waals surface area contributed by atoms with Crippen molar-refractivity contribution in [2.24, 2.45) is 0 Å². The molecule has 9 rings (SSSR count). The van der Waals surface area contributed by atoms with Crippen LogP contribution in [0, 0.1) is 0 Å². The van der Waals surface area contributed by atoms with E-state index in [-0.39, 0.29) is 0 Å². The lowest BCUT2D eigenvalue weighted by Gasteiger charge is -2.11. The molecule has 0 unspecified atom stereocenters. The monoisotopic (exact) mass is 534 g/mol. The van der Waals surface area contributed by atoms with E-state index in [4.69, 9.17) is 15.0 Å². The van der Waals surface area contributed by atoms with Crippen molar-refractivity contribution >= 4 is 32.6 Å². The lowest BCUT2D eigenvalue weighted by molar-refractivity contribution is 1.19. The lowest BCUT2D eigenvalue weighted by Crippen LogP contribution is -1.94. The van der Waals surface area contributed by atoms with Crippen LogP contribution >= 0.6 is 0 Å². The van der Waals surface area contributed by atoms with Gasteiger partial charge in [0.15, 0.2) is 0 Å². The molecular weight excluding hydrogens is 512 g/mol. The average molecular weight is 535 g/mol. The van der Waals surface area contributed by atoms with E-state index in [0.29, 0.717) is 0 Å². The summed E-state index contributed by atoms with van der Waals surface area (Å²) in [5.74, 6) is 0. The molecule has 0 spiro atoms. The fourth-order valence-electron chi connectivity index (χ4n) is 6.33. The van der Waals surface area contributed by atoms with E-state index in [1.54, 1.807) is 12.4 Å². The van der Waals surface area contributed by atoms with E-state index in [1.807, 2.05) is 36.4 Å². The van der Waals surface area contributed by atoms with E-state index >= 15 is 0 Å². The number of pyridine rings is 2. The van der Waals surface area contributed by atoms with Crippen molar-refractivity contribution in [3.05, 3.63) is 134 Å². The molecule has 0 radical (unpaired) electrons. The van der Waals surface area contributed by atoms with Crippen molar-refractivity contribution in [1.29, 1.82) is 0 Å². The van der Waals surface area contributed by atoms with Crippen LogP contribution in [0.3, 0.4) is 0 Å². The number of hydrogen-bond donors (Lipinski definition) is 0. The van der Waals surface area contributed by atoms with Gasteiger partial charge in [-0.3, -0.25) is 4.98 Å². The standard InChI is InChI=1S/C38H22N4/c1-2-7-23(8-3-1)34-21-39-22-35(40-34)33-20-16-25-14-13-24-15-19-32(41-37(24)38(25)42-33)28-17-18-31-27-10-5-4-9-26(27)29-11-6-12-30(28)36(29)31/h1-22H. The highest BCUT2D eigenvalue weighted by Gasteiger charge is 2.22. The molecule has 0 saturated heterocycles. The summed E-state index contributed by atoms with van der Waals surface area (Å²) in [5.41, 5.74) is 12.3. The van der Waals surface area contributed by atoms with Gasteiger partial charge in [-0.15, -0.1) is 0 Å². The van der Waals surface area contributed by atoms with Crippen molar-refractivity contribution in [1.82, 2.24) is 19.9 Å². The highest BCUT2D eigenvalue weighted by atomic mass is 14.8. The minimum absolute atomic E-state index is 0.735.